The molecule has 1 atom stereocenters. The van der Waals surface area contributed by atoms with E-state index in [-0.39, 0.29) is 12.5 Å². The minimum atomic E-state index is -0.726. The van der Waals surface area contributed by atoms with Gasteiger partial charge in [-0.1, -0.05) is 18.2 Å². The Morgan fingerprint density at radius 3 is 2.79 bits per heavy atom. The minimum absolute atomic E-state index is 0.229. The average molecular weight is 260 g/mol. The van der Waals surface area contributed by atoms with Gasteiger partial charge in [-0.2, -0.15) is 0 Å². The van der Waals surface area contributed by atoms with Gasteiger partial charge in [0.05, 0.1) is 0 Å². The largest absolute Gasteiger partial charge is 0.481 e. The lowest BCUT2D eigenvalue weighted by Crippen LogP contribution is -2.20. The fourth-order valence-corrected chi connectivity index (χ4v) is 2.51. The van der Waals surface area contributed by atoms with Gasteiger partial charge in [-0.15, -0.1) is 0 Å². The highest BCUT2D eigenvalue weighted by Crippen LogP contribution is 2.30. The lowest BCUT2D eigenvalue weighted by atomic mass is 9.99. The van der Waals surface area contributed by atoms with Crippen LogP contribution in [0.25, 0.3) is 10.9 Å². The van der Waals surface area contributed by atoms with Crippen molar-refractivity contribution in [2.75, 3.05) is 14.1 Å². The Morgan fingerprint density at radius 1 is 1.37 bits per heavy atom. The molecule has 0 fully saturated rings. The maximum Gasteiger partial charge on any atom is 0.303 e. The topological polar surface area (TPSA) is 56.3 Å². The summed E-state index contributed by atoms with van der Waals surface area (Å²) in [6, 6.07) is 8.45. The highest BCUT2D eigenvalue weighted by atomic mass is 16.4. The van der Waals surface area contributed by atoms with Gasteiger partial charge in [0, 0.05) is 29.6 Å². The van der Waals surface area contributed by atoms with E-state index in [9.17, 15) is 4.79 Å². The smallest absolute Gasteiger partial charge is 0.303 e. The second-order valence-corrected chi connectivity index (χ2v) is 5.05. The number of rotatable bonds is 6. The molecule has 0 aliphatic carbocycles. The van der Waals surface area contributed by atoms with E-state index >= 15 is 0 Å². The molecule has 4 nitrogen and oxygen atoms in total. The normalized spacial score (nSPS) is 13.0. The van der Waals surface area contributed by atoms with Crippen molar-refractivity contribution in [1.29, 1.82) is 0 Å². The van der Waals surface area contributed by atoms with Gasteiger partial charge in [-0.3, -0.25) is 4.79 Å². The molecule has 0 spiro atoms. The van der Waals surface area contributed by atoms with E-state index in [1.807, 2.05) is 32.4 Å². The highest BCUT2D eigenvalue weighted by Gasteiger charge is 2.17. The molecule has 1 unspecified atom stereocenters. The third-order valence-electron chi connectivity index (χ3n) is 3.47. The van der Waals surface area contributed by atoms with Crippen LogP contribution >= 0.6 is 0 Å². The summed E-state index contributed by atoms with van der Waals surface area (Å²) in [7, 11) is 4.07. The van der Waals surface area contributed by atoms with E-state index in [0.717, 1.165) is 11.9 Å². The lowest BCUT2D eigenvalue weighted by Gasteiger charge is -2.24. The third kappa shape index (κ3) is 3.15. The monoisotopic (exact) mass is 260 g/mol. The second-order valence-electron chi connectivity index (χ2n) is 5.05. The van der Waals surface area contributed by atoms with Crippen LogP contribution in [0.2, 0.25) is 0 Å². The SMILES string of the molecule is CN(C)C(CCCC(=O)O)c1c[nH]c2ccccc12. The molecule has 1 aromatic heterocycles. The Bertz CT molecular complexity index is 560. The van der Waals surface area contributed by atoms with Crippen molar-refractivity contribution in [3.63, 3.8) is 0 Å². The summed E-state index contributed by atoms with van der Waals surface area (Å²) in [5.41, 5.74) is 2.37. The van der Waals surface area contributed by atoms with E-state index in [2.05, 4.69) is 22.0 Å². The Hall–Kier alpha value is -1.81. The van der Waals surface area contributed by atoms with Crippen molar-refractivity contribution in [3.05, 3.63) is 36.0 Å². The number of benzene rings is 1. The Labute approximate surface area is 113 Å². The molecule has 0 bridgehead atoms. The van der Waals surface area contributed by atoms with Crippen LogP contribution in [-0.2, 0) is 4.79 Å². The Kier molecular flexibility index (Phi) is 4.22. The van der Waals surface area contributed by atoms with Crippen LogP contribution in [0.3, 0.4) is 0 Å². The van der Waals surface area contributed by atoms with Crippen LogP contribution in [-0.4, -0.2) is 35.1 Å². The van der Waals surface area contributed by atoms with Crippen molar-refractivity contribution in [3.8, 4) is 0 Å². The number of carboxylic acids is 1. The van der Waals surface area contributed by atoms with Gasteiger partial charge in [-0.05, 0) is 38.6 Å². The minimum Gasteiger partial charge on any atom is -0.481 e. The molecule has 1 heterocycles. The molecule has 0 saturated heterocycles. The first kappa shape index (κ1) is 13.6. The van der Waals surface area contributed by atoms with Crippen molar-refractivity contribution in [2.45, 2.75) is 25.3 Å². The van der Waals surface area contributed by atoms with Crippen LogP contribution in [0.1, 0.15) is 30.9 Å². The molecule has 2 aromatic rings. The molecular formula is C15H20N2O2. The van der Waals surface area contributed by atoms with Crippen molar-refractivity contribution < 1.29 is 9.90 Å². The number of aliphatic carboxylic acids is 1. The first-order valence-corrected chi connectivity index (χ1v) is 6.54. The summed E-state index contributed by atoms with van der Waals surface area (Å²) in [4.78, 5) is 16.1. The van der Waals surface area contributed by atoms with E-state index in [4.69, 9.17) is 5.11 Å². The van der Waals surface area contributed by atoms with E-state index < -0.39 is 5.97 Å². The van der Waals surface area contributed by atoms with E-state index in [0.29, 0.717) is 6.42 Å². The zero-order valence-electron chi connectivity index (χ0n) is 11.4. The number of nitrogens with one attached hydrogen (secondary N) is 1. The molecule has 2 rings (SSSR count). The molecule has 19 heavy (non-hydrogen) atoms. The van der Waals surface area contributed by atoms with E-state index in [1.54, 1.807) is 0 Å². The molecule has 4 heteroatoms. The number of nitrogens with zero attached hydrogens (tertiary/aromatic N) is 1. The number of hydrogen-bond acceptors (Lipinski definition) is 2. The fourth-order valence-electron chi connectivity index (χ4n) is 2.51. The van der Waals surface area contributed by atoms with E-state index in [1.165, 1.54) is 10.9 Å². The number of para-hydroxylation sites is 1. The molecule has 0 aliphatic rings. The van der Waals surface area contributed by atoms with Gasteiger partial charge < -0.3 is 15.0 Å². The van der Waals surface area contributed by atoms with Crippen molar-refractivity contribution in [1.82, 2.24) is 9.88 Å². The van der Waals surface area contributed by atoms with Crippen LogP contribution < -0.4 is 0 Å². The molecular weight excluding hydrogens is 240 g/mol. The number of aromatic amines is 1. The number of carboxylic acid groups (broad SMARTS) is 1. The van der Waals surface area contributed by atoms with Gasteiger partial charge in [0.15, 0.2) is 0 Å². The quantitative estimate of drug-likeness (QED) is 0.839. The van der Waals surface area contributed by atoms with Gasteiger partial charge in [0.2, 0.25) is 0 Å². The zero-order chi connectivity index (χ0) is 13.8. The van der Waals surface area contributed by atoms with Crippen molar-refractivity contribution >= 4 is 16.9 Å². The van der Waals surface area contributed by atoms with Crippen molar-refractivity contribution in [2.24, 2.45) is 0 Å². The fraction of sp³-hybridized carbons (Fsp3) is 0.400. The lowest BCUT2D eigenvalue weighted by molar-refractivity contribution is -0.137. The molecule has 102 valence electrons. The molecule has 0 amide bonds. The van der Waals surface area contributed by atoms with Crippen LogP contribution in [0.5, 0.6) is 0 Å². The van der Waals surface area contributed by atoms with Crippen LogP contribution in [0.15, 0.2) is 30.5 Å². The predicted molar refractivity (Wildman–Crippen MR) is 76.2 cm³/mol. The summed E-state index contributed by atoms with van der Waals surface area (Å²) in [6.45, 7) is 0. The number of H-pyrrole nitrogens is 1. The maximum absolute atomic E-state index is 10.6. The predicted octanol–water partition coefficient (Wildman–Crippen LogP) is 3.03. The van der Waals surface area contributed by atoms with Gasteiger partial charge in [0.25, 0.3) is 0 Å². The Morgan fingerprint density at radius 2 is 2.11 bits per heavy atom. The van der Waals surface area contributed by atoms with Gasteiger partial charge >= 0.3 is 5.97 Å². The summed E-state index contributed by atoms with van der Waals surface area (Å²) in [5, 5.41) is 9.97. The third-order valence-corrected chi connectivity index (χ3v) is 3.47. The maximum atomic E-state index is 10.6. The standard InChI is InChI=1S/C15H20N2O2/c1-17(2)14(8-5-9-15(18)19)12-10-16-13-7-4-3-6-11(12)13/h3-4,6-7,10,14,16H,5,8-9H2,1-2H3,(H,18,19). The second kappa shape index (κ2) is 5.89. The first-order chi connectivity index (χ1) is 9.09. The number of fused-ring (bicyclic) bond motifs is 1. The highest BCUT2D eigenvalue weighted by molar-refractivity contribution is 5.83. The Balaban J connectivity index is 2.21. The number of aromatic nitrogens is 1. The first-order valence-electron chi connectivity index (χ1n) is 6.54. The molecule has 2 N–H and O–H groups in total. The molecule has 0 aliphatic heterocycles. The van der Waals surface area contributed by atoms with Gasteiger partial charge in [0.1, 0.15) is 0 Å². The van der Waals surface area contributed by atoms with Crippen LogP contribution in [0, 0.1) is 0 Å². The zero-order valence-corrected chi connectivity index (χ0v) is 11.4. The summed E-state index contributed by atoms with van der Waals surface area (Å²) < 4.78 is 0. The summed E-state index contributed by atoms with van der Waals surface area (Å²) >= 11 is 0. The average Bonchev–Trinajstić information content (AvgIpc) is 2.77. The molecule has 0 saturated carbocycles. The van der Waals surface area contributed by atoms with Gasteiger partial charge in [-0.25, -0.2) is 0 Å². The summed E-state index contributed by atoms with van der Waals surface area (Å²) in [6.07, 6.45) is 3.81. The van der Waals surface area contributed by atoms with Crippen LogP contribution in [0.4, 0.5) is 0 Å². The molecule has 0 radical (unpaired) electrons. The summed E-state index contributed by atoms with van der Waals surface area (Å²) in [5.74, 6) is -0.726. The number of carbonyl (C=O) groups is 1. The molecule has 1 aromatic carbocycles. The number of hydrogen-bond donors (Lipinski definition) is 2.